The maximum absolute atomic E-state index is 11.2. The Morgan fingerprint density at radius 3 is 2.68 bits per heavy atom. The number of nitrogen functional groups attached to an aromatic ring is 1. The molecule has 0 aliphatic heterocycles. The number of aldehydes is 1. The summed E-state index contributed by atoms with van der Waals surface area (Å²) in [5.41, 5.74) is 11.0. The molecular weight excluding hydrogens is 238 g/mol. The molecule has 0 saturated heterocycles. The van der Waals surface area contributed by atoms with E-state index in [1.165, 1.54) is 0 Å². The Labute approximate surface area is 112 Å². The molecule has 0 aromatic heterocycles. The Morgan fingerprint density at radius 2 is 2.00 bits per heavy atom. The summed E-state index contributed by atoms with van der Waals surface area (Å²) >= 11 is 0. The van der Waals surface area contributed by atoms with Crippen molar-refractivity contribution in [2.24, 2.45) is 0 Å². The molecule has 0 radical (unpaired) electrons. The van der Waals surface area contributed by atoms with Gasteiger partial charge in [0.25, 0.3) is 0 Å². The number of para-hydroxylation sites is 1. The van der Waals surface area contributed by atoms with Crippen molar-refractivity contribution in [2.45, 2.75) is 13.3 Å². The number of anilines is 1. The van der Waals surface area contributed by atoms with Crippen LogP contribution < -0.4 is 5.73 Å². The summed E-state index contributed by atoms with van der Waals surface area (Å²) < 4.78 is 0. The molecule has 0 amide bonds. The van der Waals surface area contributed by atoms with E-state index in [-0.39, 0.29) is 6.61 Å². The number of aryl methyl sites for hydroxylation is 1. The van der Waals surface area contributed by atoms with Crippen LogP contribution in [0.3, 0.4) is 0 Å². The van der Waals surface area contributed by atoms with Crippen molar-refractivity contribution < 1.29 is 9.90 Å². The minimum absolute atomic E-state index is 0.0576. The highest BCUT2D eigenvalue weighted by Gasteiger charge is 2.10. The third kappa shape index (κ3) is 2.66. The molecule has 0 saturated carbocycles. The van der Waals surface area contributed by atoms with Crippen molar-refractivity contribution in [3.63, 3.8) is 0 Å². The van der Waals surface area contributed by atoms with Gasteiger partial charge in [-0.25, -0.2) is 0 Å². The zero-order valence-corrected chi connectivity index (χ0v) is 10.9. The van der Waals surface area contributed by atoms with Gasteiger partial charge in [0.1, 0.15) is 0 Å². The number of nitrogens with two attached hydrogens (primary N) is 1. The summed E-state index contributed by atoms with van der Waals surface area (Å²) in [6.07, 6.45) is 1.36. The second kappa shape index (κ2) is 5.67. The largest absolute Gasteiger partial charge is 0.398 e. The smallest absolute Gasteiger partial charge is 0.150 e. The Kier molecular flexibility index (Phi) is 3.97. The van der Waals surface area contributed by atoms with Gasteiger partial charge in [0.05, 0.1) is 0 Å². The van der Waals surface area contributed by atoms with E-state index in [1.807, 2.05) is 43.3 Å². The average Bonchev–Trinajstić information content (AvgIpc) is 2.42. The van der Waals surface area contributed by atoms with Crippen LogP contribution in [0.25, 0.3) is 11.1 Å². The molecule has 0 aliphatic carbocycles. The molecule has 0 fully saturated rings. The molecule has 0 spiro atoms. The lowest BCUT2D eigenvalue weighted by Gasteiger charge is -2.12. The Hall–Kier alpha value is -2.13. The van der Waals surface area contributed by atoms with Crippen LogP contribution in [0, 0.1) is 6.92 Å². The topological polar surface area (TPSA) is 63.3 Å². The normalized spacial score (nSPS) is 10.4. The van der Waals surface area contributed by atoms with E-state index < -0.39 is 0 Å². The fraction of sp³-hybridized carbons (Fsp3) is 0.188. The van der Waals surface area contributed by atoms with Crippen molar-refractivity contribution in [3.05, 3.63) is 53.1 Å². The Bertz CT molecular complexity index is 606. The quantitative estimate of drug-likeness (QED) is 0.652. The van der Waals surface area contributed by atoms with Gasteiger partial charge in [0.15, 0.2) is 6.29 Å². The zero-order valence-electron chi connectivity index (χ0n) is 10.9. The lowest BCUT2D eigenvalue weighted by molar-refractivity contribution is 0.112. The van der Waals surface area contributed by atoms with Crippen LogP contribution in [0.5, 0.6) is 0 Å². The van der Waals surface area contributed by atoms with E-state index in [0.29, 0.717) is 17.7 Å². The van der Waals surface area contributed by atoms with Crippen LogP contribution in [0.4, 0.5) is 5.69 Å². The Morgan fingerprint density at radius 1 is 1.21 bits per heavy atom. The molecule has 2 rings (SSSR count). The van der Waals surface area contributed by atoms with Crippen molar-refractivity contribution in [1.29, 1.82) is 0 Å². The van der Waals surface area contributed by atoms with Crippen molar-refractivity contribution in [2.75, 3.05) is 12.3 Å². The molecular formula is C16H17NO2. The van der Waals surface area contributed by atoms with Gasteiger partial charge in [-0.1, -0.05) is 35.9 Å². The number of hydrogen-bond donors (Lipinski definition) is 2. The molecule has 0 bridgehead atoms. The average molecular weight is 255 g/mol. The first-order valence-corrected chi connectivity index (χ1v) is 6.21. The number of aliphatic hydroxyl groups excluding tert-OH is 1. The van der Waals surface area contributed by atoms with E-state index in [4.69, 9.17) is 10.8 Å². The summed E-state index contributed by atoms with van der Waals surface area (Å²) in [5, 5.41) is 9.03. The molecule has 3 heteroatoms. The third-order valence-electron chi connectivity index (χ3n) is 3.20. The monoisotopic (exact) mass is 255 g/mol. The van der Waals surface area contributed by atoms with E-state index in [1.54, 1.807) is 0 Å². The maximum atomic E-state index is 11.2. The van der Waals surface area contributed by atoms with Gasteiger partial charge in [0, 0.05) is 23.4 Å². The van der Waals surface area contributed by atoms with Crippen LogP contribution in [-0.2, 0) is 6.42 Å². The van der Waals surface area contributed by atoms with Crippen LogP contribution in [-0.4, -0.2) is 18.0 Å². The highest BCUT2D eigenvalue weighted by atomic mass is 16.2. The molecule has 2 aromatic carbocycles. The second-order valence-corrected chi connectivity index (χ2v) is 4.56. The van der Waals surface area contributed by atoms with Gasteiger partial charge >= 0.3 is 0 Å². The molecule has 19 heavy (non-hydrogen) atoms. The number of carbonyl (C=O) groups excluding carboxylic acids is 1. The van der Waals surface area contributed by atoms with Crippen LogP contribution in [0.2, 0.25) is 0 Å². The van der Waals surface area contributed by atoms with Crippen LogP contribution >= 0.6 is 0 Å². The molecule has 98 valence electrons. The highest BCUT2D eigenvalue weighted by molar-refractivity contribution is 5.92. The van der Waals surface area contributed by atoms with Gasteiger partial charge in [-0.05, 0) is 30.5 Å². The van der Waals surface area contributed by atoms with Gasteiger partial charge in [-0.15, -0.1) is 0 Å². The number of benzene rings is 2. The first-order chi connectivity index (χ1) is 9.17. The van der Waals surface area contributed by atoms with Gasteiger partial charge in [-0.2, -0.15) is 0 Å². The summed E-state index contributed by atoms with van der Waals surface area (Å²) in [7, 11) is 0. The fourth-order valence-corrected chi connectivity index (χ4v) is 2.21. The third-order valence-corrected chi connectivity index (χ3v) is 3.20. The zero-order chi connectivity index (χ0) is 13.8. The molecule has 0 heterocycles. The number of carbonyl (C=O) groups is 1. The minimum Gasteiger partial charge on any atom is -0.398 e. The lowest BCUT2D eigenvalue weighted by Crippen LogP contribution is -2.01. The summed E-state index contributed by atoms with van der Waals surface area (Å²) in [6, 6.07) is 11.4. The van der Waals surface area contributed by atoms with Crippen molar-refractivity contribution in [1.82, 2.24) is 0 Å². The molecule has 0 atom stereocenters. The van der Waals surface area contributed by atoms with Crippen molar-refractivity contribution in [3.8, 4) is 11.1 Å². The molecule has 3 nitrogen and oxygen atoms in total. The second-order valence-electron chi connectivity index (χ2n) is 4.56. The summed E-state index contributed by atoms with van der Waals surface area (Å²) in [6.45, 7) is 2.00. The van der Waals surface area contributed by atoms with Crippen LogP contribution in [0.15, 0.2) is 36.4 Å². The Balaban J connectivity index is 2.59. The first kappa shape index (κ1) is 13.3. The minimum atomic E-state index is 0.0576. The SMILES string of the molecule is Cc1ccc(-c2cccc(CCO)c2N)c(C=O)c1. The predicted octanol–water partition coefficient (Wildman–Crippen LogP) is 2.59. The summed E-state index contributed by atoms with van der Waals surface area (Å²) in [5.74, 6) is 0. The van der Waals surface area contributed by atoms with Crippen LogP contribution in [0.1, 0.15) is 21.5 Å². The number of rotatable bonds is 4. The standard InChI is InChI=1S/C16H17NO2/c1-11-5-6-14(13(9-11)10-19)15-4-2-3-12(7-8-18)16(15)17/h2-6,9-10,18H,7-8,17H2,1H3. The molecule has 2 aromatic rings. The van der Waals surface area contributed by atoms with E-state index in [9.17, 15) is 4.79 Å². The first-order valence-electron chi connectivity index (χ1n) is 6.21. The van der Waals surface area contributed by atoms with Crippen molar-refractivity contribution >= 4 is 12.0 Å². The van der Waals surface area contributed by atoms with E-state index in [2.05, 4.69) is 0 Å². The van der Waals surface area contributed by atoms with Gasteiger partial charge in [0.2, 0.25) is 0 Å². The van der Waals surface area contributed by atoms with E-state index in [0.717, 1.165) is 28.5 Å². The van der Waals surface area contributed by atoms with E-state index >= 15 is 0 Å². The summed E-state index contributed by atoms with van der Waals surface area (Å²) in [4.78, 5) is 11.2. The van der Waals surface area contributed by atoms with Gasteiger partial charge in [-0.3, -0.25) is 4.79 Å². The highest BCUT2D eigenvalue weighted by Crippen LogP contribution is 2.31. The number of hydrogen-bond acceptors (Lipinski definition) is 3. The predicted molar refractivity (Wildman–Crippen MR) is 77.2 cm³/mol. The maximum Gasteiger partial charge on any atom is 0.150 e. The molecule has 0 unspecified atom stereocenters. The van der Waals surface area contributed by atoms with Gasteiger partial charge < -0.3 is 10.8 Å². The number of aliphatic hydroxyl groups is 1. The lowest BCUT2D eigenvalue weighted by atomic mass is 9.94. The molecule has 3 N–H and O–H groups in total. The fourth-order valence-electron chi connectivity index (χ4n) is 2.21. The molecule has 0 aliphatic rings.